The van der Waals surface area contributed by atoms with Crippen molar-refractivity contribution >= 4 is 21.9 Å². The van der Waals surface area contributed by atoms with E-state index in [0.717, 1.165) is 18.8 Å². The minimum atomic E-state index is -0.940. The lowest BCUT2D eigenvalue weighted by atomic mass is 9.89. The second kappa shape index (κ2) is 5.74. The molecule has 0 radical (unpaired) electrons. The highest BCUT2D eigenvalue weighted by Gasteiger charge is 2.20. The lowest BCUT2D eigenvalue weighted by Crippen LogP contribution is -2.23. The molecule has 0 bridgehead atoms. The summed E-state index contributed by atoms with van der Waals surface area (Å²) in [7, 11) is 0. The molecule has 0 amide bonds. The van der Waals surface area contributed by atoms with Crippen LogP contribution < -0.4 is 4.74 Å². The van der Waals surface area contributed by atoms with Crippen LogP contribution in [0.15, 0.2) is 22.7 Å². The van der Waals surface area contributed by atoms with E-state index < -0.39 is 5.97 Å². The van der Waals surface area contributed by atoms with Crippen LogP contribution in [0, 0.1) is 5.92 Å². The number of hydrogen-bond acceptors (Lipinski definition) is 2. The Bertz CT molecular complexity index is 437. The third-order valence-electron chi connectivity index (χ3n) is 3.43. The third-order valence-corrected chi connectivity index (χ3v) is 4.13. The first-order valence-corrected chi connectivity index (χ1v) is 7.05. The molecule has 0 aromatic heterocycles. The first-order chi connectivity index (χ1) is 8.56. The molecule has 1 aromatic rings. The Labute approximate surface area is 115 Å². The maximum atomic E-state index is 11.0. The molecule has 1 fully saturated rings. The minimum Gasteiger partial charge on any atom is -0.490 e. The molecular weight excluding hydrogens is 296 g/mol. The van der Waals surface area contributed by atoms with Crippen LogP contribution in [0.2, 0.25) is 0 Å². The van der Waals surface area contributed by atoms with E-state index in [9.17, 15) is 4.79 Å². The van der Waals surface area contributed by atoms with Gasteiger partial charge in [0.2, 0.25) is 0 Å². The normalized spacial score (nSPS) is 23.7. The lowest BCUT2D eigenvalue weighted by molar-refractivity contribution is 0.0694. The summed E-state index contributed by atoms with van der Waals surface area (Å²) in [4.78, 5) is 11.0. The number of carboxylic acids is 1. The summed E-state index contributed by atoms with van der Waals surface area (Å²) in [6.07, 6.45) is 4.71. The molecule has 3 nitrogen and oxygen atoms in total. The first kappa shape index (κ1) is 13.4. The molecule has 0 saturated heterocycles. The van der Waals surface area contributed by atoms with Crippen LogP contribution in [0.3, 0.4) is 0 Å². The van der Waals surface area contributed by atoms with Gasteiger partial charge in [0, 0.05) is 4.47 Å². The van der Waals surface area contributed by atoms with E-state index in [0.29, 0.717) is 10.2 Å². The number of carbonyl (C=O) groups is 1. The summed E-state index contributed by atoms with van der Waals surface area (Å²) in [5.74, 6) is 0.490. The van der Waals surface area contributed by atoms with Crippen molar-refractivity contribution in [1.82, 2.24) is 0 Å². The third kappa shape index (κ3) is 3.25. The highest BCUT2D eigenvalue weighted by Crippen LogP contribution is 2.29. The molecule has 0 aliphatic heterocycles. The number of carboxylic acid groups (broad SMARTS) is 1. The SMILES string of the molecule is CC1CCC(Oc2ccc(Br)c(C(=O)O)c2)CC1. The summed E-state index contributed by atoms with van der Waals surface area (Å²) < 4.78 is 6.45. The van der Waals surface area contributed by atoms with Gasteiger partial charge in [-0.2, -0.15) is 0 Å². The molecule has 1 saturated carbocycles. The van der Waals surface area contributed by atoms with E-state index in [2.05, 4.69) is 22.9 Å². The Morgan fingerprint density at radius 2 is 2.00 bits per heavy atom. The zero-order chi connectivity index (χ0) is 13.1. The molecule has 1 aliphatic rings. The lowest BCUT2D eigenvalue weighted by Gasteiger charge is -2.27. The second-order valence-corrected chi connectivity index (χ2v) is 5.80. The molecule has 1 N–H and O–H groups in total. The van der Waals surface area contributed by atoms with Gasteiger partial charge in [-0.3, -0.25) is 0 Å². The van der Waals surface area contributed by atoms with Crippen molar-refractivity contribution in [1.29, 1.82) is 0 Å². The van der Waals surface area contributed by atoms with Gasteiger partial charge in [-0.1, -0.05) is 6.92 Å². The number of benzene rings is 1. The van der Waals surface area contributed by atoms with Gasteiger partial charge in [0.25, 0.3) is 0 Å². The zero-order valence-electron chi connectivity index (χ0n) is 10.4. The molecule has 0 atom stereocenters. The maximum absolute atomic E-state index is 11.0. The molecule has 1 aromatic carbocycles. The highest BCUT2D eigenvalue weighted by molar-refractivity contribution is 9.10. The van der Waals surface area contributed by atoms with Crippen molar-refractivity contribution in [2.24, 2.45) is 5.92 Å². The Morgan fingerprint density at radius 1 is 1.33 bits per heavy atom. The molecule has 18 heavy (non-hydrogen) atoms. The fourth-order valence-corrected chi connectivity index (χ4v) is 2.70. The van der Waals surface area contributed by atoms with Gasteiger partial charge in [0.1, 0.15) is 5.75 Å². The molecular formula is C14H17BrO3. The smallest absolute Gasteiger partial charge is 0.336 e. The van der Waals surface area contributed by atoms with Gasteiger partial charge in [-0.15, -0.1) is 0 Å². The largest absolute Gasteiger partial charge is 0.490 e. The summed E-state index contributed by atoms with van der Waals surface area (Å²) in [6, 6.07) is 5.13. The van der Waals surface area contributed by atoms with E-state index in [-0.39, 0.29) is 11.7 Å². The minimum absolute atomic E-state index is 0.226. The Balaban J connectivity index is 2.05. The number of hydrogen-bond donors (Lipinski definition) is 1. The molecule has 0 unspecified atom stereocenters. The summed E-state index contributed by atoms with van der Waals surface area (Å²) in [5.41, 5.74) is 0.247. The van der Waals surface area contributed by atoms with Gasteiger partial charge in [0.15, 0.2) is 0 Å². The summed E-state index contributed by atoms with van der Waals surface area (Å²) in [5, 5.41) is 9.05. The zero-order valence-corrected chi connectivity index (χ0v) is 11.9. The van der Waals surface area contributed by atoms with Crippen molar-refractivity contribution in [2.45, 2.75) is 38.7 Å². The van der Waals surface area contributed by atoms with Crippen molar-refractivity contribution in [3.63, 3.8) is 0 Å². The monoisotopic (exact) mass is 312 g/mol. The van der Waals surface area contributed by atoms with Crippen LogP contribution in [-0.4, -0.2) is 17.2 Å². The molecule has 0 heterocycles. The van der Waals surface area contributed by atoms with Gasteiger partial charge >= 0.3 is 5.97 Å². The van der Waals surface area contributed by atoms with Gasteiger partial charge < -0.3 is 9.84 Å². The summed E-state index contributed by atoms with van der Waals surface area (Å²) in [6.45, 7) is 2.26. The van der Waals surface area contributed by atoms with Crippen molar-refractivity contribution in [3.05, 3.63) is 28.2 Å². The van der Waals surface area contributed by atoms with E-state index in [1.54, 1.807) is 12.1 Å². The molecule has 1 aliphatic carbocycles. The standard InChI is InChI=1S/C14H17BrO3/c1-9-2-4-10(5-3-9)18-11-6-7-13(15)12(8-11)14(16)17/h6-10H,2-5H2,1H3,(H,16,17). The maximum Gasteiger partial charge on any atom is 0.336 e. The van der Waals surface area contributed by atoms with E-state index in [1.807, 2.05) is 6.07 Å². The second-order valence-electron chi connectivity index (χ2n) is 4.95. The Kier molecular flexibility index (Phi) is 4.27. The predicted octanol–water partition coefficient (Wildman–Crippen LogP) is 4.10. The Hall–Kier alpha value is -1.03. The fraction of sp³-hybridized carbons (Fsp3) is 0.500. The topological polar surface area (TPSA) is 46.5 Å². The molecule has 0 spiro atoms. The number of rotatable bonds is 3. The predicted molar refractivity (Wildman–Crippen MR) is 73.1 cm³/mol. The van der Waals surface area contributed by atoms with Crippen LogP contribution in [-0.2, 0) is 0 Å². The van der Waals surface area contributed by atoms with Crippen LogP contribution in [0.5, 0.6) is 5.75 Å². The average molecular weight is 313 g/mol. The van der Waals surface area contributed by atoms with Crippen LogP contribution >= 0.6 is 15.9 Å². The van der Waals surface area contributed by atoms with Crippen molar-refractivity contribution in [3.8, 4) is 5.75 Å². The summed E-state index contributed by atoms with van der Waals surface area (Å²) >= 11 is 3.23. The van der Waals surface area contributed by atoms with Crippen molar-refractivity contribution in [2.75, 3.05) is 0 Å². The fourth-order valence-electron chi connectivity index (χ4n) is 2.28. The molecule has 2 rings (SSSR count). The first-order valence-electron chi connectivity index (χ1n) is 6.25. The average Bonchev–Trinajstić information content (AvgIpc) is 2.34. The van der Waals surface area contributed by atoms with Gasteiger partial charge in [-0.25, -0.2) is 4.79 Å². The Morgan fingerprint density at radius 3 is 2.61 bits per heavy atom. The van der Waals surface area contributed by atoms with Crippen LogP contribution in [0.25, 0.3) is 0 Å². The van der Waals surface area contributed by atoms with E-state index >= 15 is 0 Å². The quantitative estimate of drug-likeness (QED) is 0.913. The number of aromatic carboxylic acids is 1. The van der Waals surface area contributed by atoms with E-state index in [1.165, 1.54) is 12.8 Å². The highest BCUT2D eigenvalue weighted by atomic mass is 79.9. The van der Waals surface area contributed by atoms with Crippen LogP contribution in [0.4, 0.5) is 0 Å². The van der Waals surface area contributed by atoms with Gasteiger partial charge in [0.05, 0.1) is 11.7 Å². The molecule has 98 valence electrons. The van der Waals surface area contributed by atoms with Crippen molar-refractivity contribution < 1.29 is 14.6 Å². The van der Waals surface area contributed by atoms with Gasteiger partial charge in [-0.05, 0) is 65.7 Å². The van der Waals surface area contributed by atoms with E-state index in [4.69, 9.17) is 9.84 Å². The van der Waals surface area contributed by atoms with Crippen LogP contribution in [0.1, 0.15) is 43.0 Å². The number of ether oxygens (including phenoxy) is 1. The number of halogens is 1. The molecule has 4 heteroatoms.